The number of amides is 1. The van der Waals surface area contributed by atoms with Crippen molar-refractivity contribution in [1.82, 2.24) is 0 Å². The molecule has 0 aliphatic carbocycles. The average Bonchev–Trinajstić information content (AvgIpc) is 2.67. The topological polar surface area (TPSA) is 83.9 Å². The minimum Gasteiger partial charge on any atom is -0.480 e. The first-order valence-corrected chi connectivity index (χ1v) is 7.01. The van der Waals surface area contributed by atoms with E-state index < -0.39 is 35.8 Å². The highest BCUT2D eigenvalue weighted by Gasteiger charge is 2.43. The Hall–Kier alpha value is -2.58. The van der Waals surface area contributed by atoms with Crippen molar-refractivity contribution >= 4 is 23.3 Å². The Labute approximate surface area is 134 Å². The summed E-state index contributed by atoms with van der Waals surface area (Å²) < 4.78 is 40.5. The molecule has 1 heterocycles. The van der Waals surface area contributed by atoms with E-state index in [9.17, 15) is 32.7 Å². The number of carboxylic acid groups (broad SMARTS) is 1. The van der Waals surface area contributed by atoms with Crippen LogP contribution in [0.5, 0.6) is 5.75 Å². The molecule has 1 aliphatic heterocycles. The number of aliphatic carboxylic acids is 1. The number of Topliss-reactive ketones (excluding diaryl/α,β-unsaturated/α-hetero) is 1. The van der Waals surface area contributed by atoms with E-state index in [1.807, 2.05) is 0 Å². The molecule has 1 unspecified atom stereocenters. The molecule has 0 spiro atoms. The summed E-state index contributed by atoms with van der Waals surface area (Å²) in [5, 5.41) is 9.34. The number of rotatable bonds is 5. The number of hydrogen-bond donors (Lipinski definition) is 1. The molecule has 0 aromatic heterocycles. The molecule has 1 atom stereocenters. The van der Waals surface area contributed by atoms with Gasteiger partial charge in [0, 0.05) is 0 Å². The first-order valence-electron chi connectivity index (χ1n) is 7.01. The number of hydrogen-bond acceptors (Lipinski definition) is 4. The summed E-state index contributed by atoms with van der Waals surface area (Å²) in [5.74, 6) is -4.17. The number of ketones is 1. The standard InChI is InChI=1S/C15H14F3NO5/c1-7(2)5-11(14(22)23)19-10-4-3-8(24-15(16,17)18)6-9(10)12(20)13(19)21/h3-4,6-7,11H,5H2,1-2H3,(H,22,23). The van der Waals surface area contributed by atoms with E-state index in [4.69, 9.17) is 0 Å². The summed E-state index contributed by atoms with van der Waals surface area (Å²) in [6, 6.07) is 1.52. The van der Waals surface area contributed by atoms with Gasteiger partial charge in [0.1, 0.15) is 11.8 Å². The van der Waals surface area contributed by atoms with E-state index >= 15 is 0 Å². The van der Waals surface area contributed by atoms with Crippen molar-refractivity contribution in [3.8, 4) is 5.75 Å². The summed E-state index contributed by atoms with van der Waals surface area (Å²) in [5.41, 5.74) is -0.343. The molecule has 0 saturated heterocycles. The molecular weight excluding hydrogens is 331 g/mol. The Bertz CT molecular complexity index is 699. The third-order valence-corrected chi connectivity index (χ3v) is 3.41. The number of fused-ring (bicyclic) bond motifs is 1. The zero-order valence-electron chi connectivity index (χ0n) is 12.8. The third-order valence-electron chi connectivity index (χ3n) is 3.41. The summed E-state index contributed by atoms with van der Waals surface area (Å²) in [7, 11) is 0. The van der Waals surface area contributed by atoms with Crippen LogP contribution in [0.25, 0.3) is 0 Å². The summed E-state index contributed by atoms with van der Waals surface area (Å²) >= 11 is 0. The molecule has 1 aliphatic rings. The zero-order valence-corrected chi connectivity index (χ0v) is 12.8. The Kier molecular flexibility index (Phi) is 4.54. The molecule has 1 N–H and O–H groups in total. The van der Waals surface area contributed by atoms with Crippen LogP contribution >= 0.6 is 0 Å². The lowest BCUT2D eigenvalue weighted by Gasteiger charge is -2.25. The molecular formula is C15H14F3NO5. The molecule has 0 bridgehead atoms. The van der Waals surface area contributed by atoms with Gasteiger partial charge in [0.2, 0.25) is 0 Å². The average molecular weight is 345 g/mol. The minimum absolute atomic E-state index is 0.0347. The molecule has 0 fully saturated rings. The van der Waals surface area contributed by atoms with Gasteiger partial charge in [-0.25, -0.2) is 4.79 Å². The molecule has 24 heavy (non-hydrogen) atoms. The van der Waals surface area contributed by atoms with Gasteiger partial charge >= 0.3 is 12.3 Å². The fourth-order valence-corrected chi connectivity index (χ4v) is 2.51. The van der Waals surface area contributed by atoms with Gasteiger partial charge in [-0.2, -0.15) is 0 Å². The van der Waals surface area contributed by atoms with E-state index in [1.54, 1.807) is 13.8 Å². The Morgan fingerprint density at radius 1 is 1.29 bits per heavy atom. The molecule has 1 aromatic rings. The first-order chi connectivity index (χ1) is 11.0. The van der Waals surface area contributed by atoms with Crippen LogP contribution in [0.1, 0.15) is 30.6 Å². The smallest absolute Gasteiger partial charge is 0.480 e. The number of carboxylic acids is 1. The van der Waals surface area contributed by atoms with Crippen molar-refractivity contribution in [1.29, 1.82) is 0 Å². The van der Waals surface area contributed by atoms with Gasteiger partial charge in [-0.1, -0.05) is 13.8 Å². The molecule has 0 radical (unpaired) electrons. The third kappa shape index (κ3) is 3.50. The van der Waals surface area contributed by atoms with Crippen LogP contribution in [0, 0.1) is 5.92 Å². The number of alkyl halides is 3. The second-order valence-electron chi connectivity index (χ2n) is 5.71. The Morgan fingerprint density at radius 3 is 2.42 bits per heavy atom. The maximum Gasteiger partial charge on any atom is 0.573 e. The molecule has 0 saturated carbocycles. The van der Waals surface area contributed by atoms with Crippen LogP contribution in [0.15, 0.2) is 18.2 Å². The van der Waals surface area contributed by atoms with E-state index in [2.05, 4.69) is 4.74 Å². The number of benzene rings is 1. The lowest BCUT2D eigenvalue weighted by Crippen LogP contribution is -2.45. The second-order valence-corrected chi connectivity index (χ2v) is 5.71. The van der Waals surface area contributed by atoms with Gasteiger partial charge < -0.3 is 9.84 Å². The van der Waals surface area contributed by atoms with Gasteiger partial charge in [-0.15, -0.1) is 13.2 Å². The lowest BCUT2D eigenvalue weighted by atomic mass is 10.0. The summed E-state index contributed by atoms with van der Waals surface area (Å²) in [6.07, 6.45) is -4.85. The van der Waals surface area contributed by atoms with Crippen LogP contribution in [-0.4, -0.2) is 35.2 Å². The molecule has 1 amide bonds. The van der Waals surface area contributed by atoms with Crippen LogP contribution in [-0.2, 0) is 9.59 Å². The number of halogens is 3. The number of nitrogens with zero attached hydrogens (tertiary/aromatic N) is 1. The van der Waals surface area contributed by atoms with Crippen LogP contribution in [0.2, 0.25) is 0 Å². The Morgan fingerprint density at radius 2 is 1.92 bits per heavy atom. The predicted octanol–water partition coefficient (Wildman–Crippen LogP) is 2.61. The molecule has 6 nitrogen and oxygen atoms in total. The first kappa shape index (κ1) is 17.8. The fraction of sp³-hybridized carbons (Fsp3) is 0.400. The number of carbonyl (C=O) groups is 3. The van der Waals surface area contributed by atoms with Crippen molar-refractivity contribution in [2.24, 2.45) is 5.92 Å². The maximum absolute atomic E-state index is 12.3. The number of ether oxygens (including phenoxy) is 1. The maximum atomic E-state index is 12.3. The van der Waals surface area contributed by atoms with Crippen molar-refractivity contribution in [2.75, 3.05) is 4.90 Å². The summed E-state index contributed by atoms with van der Waals surface area (Å²) in [4.78, 5) is 36.4. The largest absolute Gasteiger partial charge is 0.573 e. The molecule has 9 heteroatoms. The lowest BCUT2D eigenvalue weighted by molar-refractivity contribution is -0.274. The second kappa shape index (κ2) is 6.14. The SMILES string of the molecule is CC(C)CC(C(=O)O)N1C(=O)C(=O)c2cc(OC(F)(F)F)ccc21. The van der Waals surface area contributed by atoms with E-state index in [-0.39, 0.29) is 23.6 Å². The van der Waals surface area contributed by atoms with E-state index in [0.29, 0.717) is 0 Å². The van der Waals surface area contributed by atoms with Gasteiger partial charge in [0.15, 0.2) is 0 Å². The van der Waals surface area contributed by atoms with E-state index in [0.717, 1.165) is 23.1 Å². The summed E-state index contributed by atoms with van der Waals surface area (Å²) in [6.45, 7) is 3.50. The van der Waals surface area contributed by atoms with Gasteiger partial charge in [-0.3, -0.25) is 14.5 Å². The van der Waals surface area contributed by atoms with Crippen molar-refractivity contribution < 1.29 is 37.4 Å². The van der Waals surface area contributed by atoms with Crippen molar-refractivity contribution in [3.63, 3.8) is 0 Å². The van der Waals surface area contributed by atoms with Crippen LogP contribution in [0.4, 0.5) is 18.9 Å². The van der Waals surface area contributed by atoms with Crippen LogP contribution in [0.3, 0.4) is 0 Å². The van der Waals surface area contributed by atoms with Crippen molar-refractivity contribution in [2.45, 2.75) is 32.7 Å². The molecule has 130 valence electrons. The fourth-order valence-electron chi connectivity index (χ4n) is 2.51. The zero-order chi connectivity index (χ0) is 18.2. The quantitative estimate of drug-likeness (QED) is 0.830. The van der Waals surface area contributed by atoms with Gasteiger partial charge in [0.05, 0.1) is 11.3 Å². The highest BCUT2D eigenvalue weighted by atomic mass is 19.4. The monoisotopic (exact) mass is 345 g/mol. The van der Waals surface area contributed by atoms with Gasteiger partial charge in [-0.05, 0) is 30.5 Å². The predicted molar refractivity (Wildman–Crippen MR) is 75.8 cm³/mol. The highest BCUT2D eigenvalue weighted by molar-refractivity contribution is 6.52. The number of carbonyl (C=O) groups excluding carboxylic acids is 2. The normalized spacial score (nSPS) is 15.7. The minimum atomic E-state index is -4.94. The molecule has 1 aromatic carbocycles. The van der Waals surface area contributed by atoms with Crippen LogP contribution < -0.4 is 9.64 Å². The Balaban J connectivity index is 2.44. The van der Waals surface area contributed by atoms with Crippen molar-refractivity contribution in [3.05, 3.63) is 23.8 Å². The van der Waals surface area contributed by atoms with E-state index in [1.165, 1.54) is 0 Å². The van der Waals surface area contributed by atoms with Gasteiger partial charge in [0.25, 0.3) is 11.7 Å². The highest BCUT2D eigenvalue weighted by Crippen LogP contribution is 2.36. The molecule has 2 rings (SSSR count). The number of anilines is 1.